The number of hydrogen-bond donors (Lipinski definition) is 0. The zero-order valence-corrected chi connectivity index (χ0v) is 15.0. The number of piperidine rings is 1. The molecule has 1 saturated heterocycles. The molecular formula is C18H21ClN2OS. The molecule has 23 heavy (non-hydrogen) atoms. The predicted molar refractivity (Wildman–Crippen MR) is 95.9 cm³/mol. The average Bonchev–Trinajstić information content (AvgIpc) is 2.96. The minimum atomic E-state index is 0.192. The number of nitrogens with zero attached hydrogens (tertiary/aromatic N) is 2. The summed E-state index contributed by atoms with van der Waals surface area (Å²) in [5, 5.41) is 3.64. The van der Waals surface area contributed by atoms with Crippen LogP contribution in [0.3, 0.4) is 0 Å². The fourth-order valence-electron chi connectivity index (χ4n) is 3.27. The monoisotopic (exact) mass is 348 g/mol. The van der Waals surface area contributed by atoms with Crippen LogP contribution in [-0.2, 0) is 11.2 Å². The average molecular weight is 349 g/mol. The minimum absolute atomic E-state index is 0.192. The van der Waals surface area contributed by atoms with Gasteiger partial charge in [-0.05, 0) is 45.2 Å². The lowest BCUT2D eigenvalue weighted by atomic mass is 9.97. The Bertz CT molecular complexity index is 673. The van der Waals surface area contributed by atoms with Gasteiger partial charge in [-0.3, -0.25) is 4.79 Å². The van der Waals surface area contributed by atoms with Crippen LogP contribution in [0, 0.1) is 0 Å². The van der Waals surface area contributed by atoms with Crippen molar-refractivity contribution in [3.8, 4) is 10.6 Å². The van der Waals surface area contributed by atoms with E-state index in [1.165, 1.54) is 6.42 Å². The van der Waals surface area contributed by atoms with Gasteiger partial charge in [-0.2, -0.15) is 0 Å². The molecule has 1 aromatic heterocycles. The first-order valence-electron chi connectivity index (χ1n) is 8.06. The van der Waals surface area contributed by atoms with Gasteiger partial charge in [0.25, 0.3) is 0 Å². The predicted octanol–water partition coefficient (Wildman–Crippen LogP) is 4.80. The Hall–Kier alpha value is -1.39. The summed E-state index contributed by atoms with van der Waals surface area (Å²) < 4.78 is 0. The molecular weight excluding hydrogens is 328 g/mol. The first kappa shape index (κ1) is 16.5. The molecule has 1 aromatic carbocycles. The number of benzene rings is 1. The van der Waals surface area contributed by atoms with Gasteiger partial charge in [0.05, 0.1) is 12.1 Å². The molecule has 1 aliphatic heterocycles. The van der Waals surface area contributed by atoms with Gasteiger partial charge in [-0.15, -0.1) is 11.3 Å². The van der Waals surface area contributed by atoms with E-state index in [4.69, 9.17) is 11.6 Å². The minimum Gasteiger partial charge on any atom is -0.337 e. The van der Waals surface area contributed by atoms with Crippen LogP contribution in [0.15, 0.2) is 29.6 Å². The van der Waals surface area contributed by atoms with Crippen molar-refractivity contribution in [3.05, 3.63) is 40.4 Å². The van der Waals surface area contributed by atoms with Crippen LogP contribution in [-0.4, -0.2) is 27.9 Å². The largest absolute Gasteiger partial charge is 0.337 e. The van der Waals surface area contributed by atoms with Crippen LogP contribution in [0.4, 0.5) is 0 Å². The Morgan fingerprint density at radius 2 is 1.91 bits per heavy atom. The van der Waals surface area contributed by atoms with Crippen LogP contribution >= 0.6 is 22.9 Å². The van der Waals surface area contributed by atoms with Gasteiger partial charge < -0.3 is 4.90 Å². The molecule has 0 N–H and O–H groups in total. The van der Waals surface area contributed by atoms with E-state index in [0.717, 1.165) is 29.1 Å². The second-order valence-corrected chi connectivity index (χ2v) is 7.55. The second kappa shape index (κ2) is 7.02. The van der Waals surface area contributed by atoms with E-state index in [1.807, 2.05) is 34.5 Å². The molecule has 0 saturated carbocycles. The standard InChI is InChI=1S/C18H21ClN2OS/c1-12-4-3-5-13(2)21(12)17(22)10-16-11-23-18(20-16)14-6-8-15(19)9-7-14/h6-9,11-13H,3-5,10H2,1-2H3. The van der Waals surface area contributed by atoms with Crippen LogP contribution in [0.1, 0.15) is 38.8 Å². The third-order valence-corrected chi connectivity index (χ3v) is 5.65. The maximum Gasteiger partial charge on any atom is 0.229 e. The number of carbonyl (C=O) groups excluding carboxylic acids is 1. The first-order chi connectivity index (χ1) is 11.0. The fourth-order valence-corrected chi connectivity index (χ4v) is 4.22. The summed E-state index contributed by atoms with van der Waals surface area (Å²) in [6, 6.07) is 8.31. The topological polar surface area (TPSA) is 33.2 Å². The molecule has 2 atom stereocenters. The number of amides is 1. The summed E-state index contributed by atoms with van der Waals surface area (Å²) in [4.78, 5) is 19.3. The summed E-state index contributed by atoms with van der Waals surface area (Å²) in [5.41, 5.74) is 1.90. The lowest BCUT2D eigenvalue weighted by Gasteiger charge is -2.39. The van der Waals surface area contributed by atoms with Gasteiger partial charge in [-0.1, -0.05) is 23.7 Å². The molecule has 1 amide bonds. The molecule has 0 aliphatic carbocycles. The van der Waals surface area contributed by atoms with Crippen molar-refractivity contribution < 1.29 is 4.79 Å². The van der Waals surface area contributed by atoms with E-state index in [-0.39, 0.29) is 5.91 Å². The van der Waals surface area contributed by atoms with Gasteiger partial charge in [0.1, 0.15) is 5.01 Å². The highest BCUT2D eigenvalue weighted by Crippen LogP contribution is 2.27. The Balaban J connectivity index is 1.71. The molecule has 2 aromatic rings. The fraction of sp³-hybridized carbons (Fsp3) is 0.444. The maximum absolute atomic E-state index is 12.7. The molecule has 2 heterocycles. The van der Waals surface area contributed by atoms with Crippen molar-refractivity contribution in [1.82, 2.24) is 9.88 Å². The van der Waals surface area contributed by atoms with Crippen molar-refractivity contribution in [3.63, 3.8) is 0 Å². The summed E-state index contributed by atoms with van der Waals surface area (Å²) >= 11 is 7.49. The molecule has 1 aliphatic rings. The van der Waals surface area contributed by atoms with Crippen LogP contribution in [0.5, 0.6) is 0 Å². The zero-order chi connectivity index (χ0) is 16.4. The van der Waals surface area contributed by atoms with E-state index in [2.05, 4.69) is 18.8 Å². The third-order valence-electron chi connectivity index (χ3n) is 4.46. The van der Waals surface area contributed by atoms with Crippen molar-refractivity contribution in [2.75, 3.05) is 0 Å². The number of rotatable bonds is 3. The van der Waals surface area contributed by atoms with Crippen LogP contribution < -0.4 is 0 Å². The van der Waals surface area contributed by atoms with E-state index < -0.39 is 0 Å². The lowest BCUT2D eigenvalue weighted by molar-refractivity contribution is -0.136. The van der Waals surface area contributed by atoms with E-state index in [1.54, 1.807) is 11.3 Å². The van der Waals surface area contributed by atoms with Crippen molar-refractivity contribution >= 4 is 28.8 Å². The lowest BCUT2D eigenvalue weighted by Crippen LogP contribution is -2.48. The molecule has 3 nitrogen and oxygen atoms in total. The highest BCUT2D eigenvalue weighted by atomic mass is 35.5. The molecule has 1 fully saturated rings. The Morgan fingerprint density at radius 3 is 2.57 bits per heavy atom. The van der Waals surface area contributed by atoms with Crippen molar-refractivity contribution in [1.29, 1.82) is 0 Å². The molecule has 122 valence electrons. The van der Waals surface area contributed by atoms with Crippen LogP contribution in [0.25, 0.3) is 10.6 Å². The molecule has 3 rings (SSSR count). The SMILES string of the molecule is CC1CCCC(C)N1C(=O)Cc1csc(-c2ccc(Cl)cc2)n1. The van der Waals surface area contributed by atoms with E-state index >= 15 is 0 Å². The summed E-state index contributed by atoms with van der Waals surface area (Å²) in [6.45, 7) is 4.29. The molecule has 5 heteroatoms. The molecule has 0 spiro atoms. The zero-order valence-electron chi connectivity index (χ0n) is 13.5. The normalized spacial score (nSPS) is 21.4. The van der Waals surface area contributed by atoms with Crippen molar-refractivity contribution in [2.45, 2.75) is 51.6 Å². The number of halogens is 1. The highest BCUT2D eigenvalue weighted by molar-refractivity contribution is 7.13. The Kier molecular flexibility index (Phi) is 5.02. The van der Waals surface area contributed by atoms with Crippen molar-refractivity contribution in [2.24, 2.45) is 0 Å². The van der Waals surface area contributed by atoms with Gasteiger partial charge in [0.2, 0.25) is 5.91 Å². The quantitative estimate of drug-likeness (QED) is 0.798. The first-order valence-corrected chi connectivity index (χ1v) is 9.32. The van der Waals surface area contributed by atoms with E-state index in [9.17, 15) is 4.79 Å². The van der Waals surface area contributed by atoms with Crippen LogP contribution in [0.2, 0.25) is 5.02 Å². The second-order valence-electron chi connectivity index (χ2n) is 6.26. The Morgan fingerprint density at radius 1 is 1.26 bits per heavy atom. The van der Waals surface area contributed by atoms with E-state index in [0.29, 0.717) is 23.5 Å². The van der Waals surface area contributed by atoms with Gasteiger partial charge >= 0.3 is 0 Å². The number of likely N-dealkylation sites (tertiary alicyclic amines) is 1. The summed E-state index contributed by atoms with van der Waals surface area (Å²) in [6.07, 6.45) is 3.80. The maximum atomic E-state index is 12.7. The smallest absolute Gasteiger partial charge is 0.229 e. The summed E-state index contributed by atoms with van der Waals surface area (Å²) in [5.74, 6) is 0.192. The molecule has 0 radical (unpaired) electrons. The van der Waals surface area contributed by atoms with Gasteiger partial charge in [0, 0.05) is 28.0 Å². The number of hydrogen-bond acceptors (Lipinski definition) is 3. The van der Waals surface area contributed by atoms with Gasteiger partial charge in [-0.25, -0.2) is 4.98 Å². The Labute approximate surface area is 146 Å². The number of thiazole rings is 1. The van der Waals surface area contributed by atoms with Gasteiger partial charge in [0.15, 0.2) is 0 Å². The summed E-state index contributed by atoms with van der Waals surface area (Å²) in [7, 11) is 0. The molecule has 2 unspecified atom stereocenters. The highest BCUT2D eigenvalue weighted by Gasteiger charge is 2.29. The third kappa shape index (κ3) is 3.75. The molecule has 0 bridgehead atoms. The number of carbonyl (C=O) groups is 1. The number of aromatic nitrogens is 1.